The van der Waals surface area contributed by atoms with E-state index in [1.165, 1.54) is 17.0 Å². The normalized spacial score (nSPS) is 16.8. The Balaban J connectivity index is 1.80. The highest BCUT2D eigenvalue weighted by Crippen LogP contribution is 2.37. The molecule has 0 spiro atoms. The van der Waals surface area contributed by atoms with Crippen LogP contribution in [0.1, 0.15) is 12.0 Å². The van der Waals surface area contributed by atoms with Crippen LogP contribution in [0.5, 0.6) is 0 Å². The van der Waals surface area contributed by atoms with Gasteiger partial charge in [0.2, 0.25) is 11.8 Å². The van der Waals surface area contributed by atoms with Crippen molar-refractivity contribution >= 4 is 40.5 Å². The summed E-state index contributed by atoms with van der Waals surface area (Å²) in [5.41, 5.74) is -0.363. The highest BCUT2D eigenvalue weighted by Gasteiger charge is 2.38. The van der Waals surface area contributed by atoms with Crippen LogP contribution in [0.3, 0.4) is 0 Å². The van der Waals surface area contributed by atoms with Crippen molar-refractivity contribution < 1.29 is 22.8 Å². The van der Waals surface area contributed by atoms with Gasteiger partial charge in [-0.2, -0.15) is 13.2 Å². The molecule has 1 saturated heterocycles. The Labute approximate surface area is 171 Å². The van der Waals surface area contributed by atoms with E-state index in [1.54, 1.807) is 43.3 Å². The Morgan fingerprint density at radius 1 is 1.21 bits per heavy atom. The first-order valence-corrected chi connectivity index (χ1v) is 9.19. The summed E-state index contributed by atoms with van der Waals surface area (Å²) in [6, 6.07) is 10.3. The van der Waals surface area contributed by atoms with Crippen LogP contribution in [0.2, 0.25) is 5.02 Å². The number of carbonyl (C=O) groups is 2. The zero-order valence-electron chi connectivity index (χ0n) is 15.8. The molecule has 0 aliphatic carbocycles. The lowest BCUT2D eigenvalue weighted by Gasteiger charge is -2.20. The second-order valence-electron chi connectivity index (χ2n) is 7.00. The second kappa shape index (κ2) is 7.94. The molecule has 5 nitrogen and oxygen atoms in total. The fraction of sp³-hybridized carbons (Fsp3) is 0.300. The fourth-order valence-electron chi connectivity index (χ4n) is 3.17. The summed E-state index contributed by atoms with van der Waals surface area (Å²) in [5.74, 6) is -1.69. The number of halogens is 4. The van der Waals surface area contributed by atoms with Crippen LogP contribution in [0.25, 0.3) is 0 Å². The van der Waals surface area contributed by atoms with Gasteiger partial charge in [0, 0.05) is 43.5 Å². The lowest BCUT2D eigenvalue weighted by Crippen LogP contribution is -2.28. The average molecular weight is 426 g/mol. The first-order chi connectivity index (χ1) is 13.6. The number of carbonyl (C=O) groups excluding carboxylic acids is 2. The van der Waals surface area contributed by atoms with Crippen molar-refractivity contribution in [1.29, 1.82) is 0 Å². The number of hydrogen-bond acceptors (Lipinski definition) is 3. The van der Waals surface area contributed by atoms with Crippen LogP contribution in [-0.4, -0.2) is 32.5 Å². The van der Waals surface area contributed by atoms with Gasteiger partial charge in [-0.25, -0.2) is 0 Å². The van der Waals surface area contributed by atoms with Gasteiger partial charge in [0.15, 0.2) is 0 Å². The molecule has 0 radical (unpaired) electrons. The molecule has 154 valence electrons. The summed E-state index contributed by atoms with van der Waals surface area (Å²) < 4.78 is 40.4. The third-order valence-electron chi connectivity index (χ3n) is 4.70. The molecule has 1 N–H and O–H groups in total. The first-order valence-electron chi connectivity index (χ1n) is 8.81. The molecule has 2 aromatic carbocycles. The monoisotopic (exact) mass is 425 g/mol. The number of amides is 2. The van der Waals surface area contributed by atoms with E-state index in [0.29, 0.717) is 16.4 Å². The maximum absolute atomic E-state index is 13.5. The summed E-state index contributed by atoms with van der Waals surface area (Å²) in [6.07, 6.45) is -4.72. The molecule has 2 aromatic rings. The molecule has 1 unspecified atom stereocenters. The van der Waals surface area contributed by atoms with E-state index in [4.69, 9.17) is 11.6 Å². The SMILES string of the molecule is CN(C)c1ccc(NC(=O)C2CC(=O)N(c3cccc(Cl)c3)C2)c(C(F)(F)F)c1. The summed E-state index contributed by atoms with van der Waals surface area (Å²) in [7, 11) is 3.25. The van der Waals surface area contributed by atoms with Crippen LogP contribution in [0, 0.1) is 5.92 Å². The largest absolute Gasteiger partial charge is 0.418 e. The van der Waals surface area contributed by atoms with Crippen molar-refractivity contribution in [3.8, 4) is 0 Å². The maximum atomic E-state index is 13.5. The van der Waals surface area contributed by atoms with Gasteiger partial charge in [-0.3, -0.25) is 9.59 Å². The van der Waals surface area contributed by atoms with E-state index < -0.39 is 23.6 Å². The molecule has 0 saturated carbocycles. The highest BCUT2D eigenvalue weighted by atomic mass is 35.5. The van der Waals surface area contributed by atoms with E-state index in [9.17, 15) is 22.8 Å². The number of rotatable bonds is 4. The second-order valence-corrected chi connectivity index (χ2v) is 7.43. The van der Waals surface area contributed by atoms with Crippen molar-refractivity contribution in [2.24, 2.45) is 5.92 Å². The van der Waals surface area contributed by atoms with E-state index in [2.05, 4.69) is 5.32 Å². The van der Waals surface area contributed by atoms with Crippen molar-refractivity contribution in [1.82, 2.24) is 0 Å². The quantitative estimate of drug-likeness (QED) is 0.789. The lowest BCUT2D eigenvalue weighted by atomic mass is 10.1. The van der Waals surface area contributed by atoms with Crippen molar-refractivity contribution in [2.45, 2.75) is 12.6 Å². The summed E-state index contributed by atoms with van der Waals surface area (Å²) in [5, 5.41) is 2.79. The third-order valence-corrected chi connectivity index (χ3v) is 4.93. The minimum atomic E-state index is -4.63. The van der Waals surface area contributed by atoms with E-state index in [1.807, 2.05) is 0 Å². The van der Waals surface area contributed by atoms with Crippen LogP contribution < -0.4 is 15.1 Å². The molecular formula is C20H19ClF3N3O2. The standard InChI is InChI=1S/C20H19ClF3N3O2/c1-26(2)14-6-7-17(16(10-14)20(22,23)24)25-19(29)12-8-18(28)27(11-12)15-5-3-4-13(21)9-15/h3-7,9-10,12H,8,11H2,1-2H3,(H,25,29). The molecule has 1 heterocycles. The van der Waals surface area contributed by atoms with E-state index in [0.717, 1.165) is 6.07 Å². The smallest absolute Gasteiger partial charge is 0.378 e. The predicted molar refractivity (Wildman–Crippen MR) is 106 cm³/mol. The number of nitrogens with one attached hydrogen (secondary N) is 1. The Morgan fingerprint density at radius 2 is 1.93 bits per heavy atom. The van der Waals surface area contributed by atoms with Crippen LogP contribution in [0.4, 0.5) is 30.2 Å². The minimum Gasteiger partial charge on any atom is -0.378 e. The average Bonchev–Trinajstić information content (AvgIpc) is 3.03. The number of nitrogens with zero attached hydrogens (tertiary/aromatic N) is 2. The number of benzene rings is 2. The van der Waals surface area contributed by atoms with Gasteiger partial charge >= 0.3 is 6.18 Å². The molecule has 3 rings (SSSR count). The Kier molecular flexibility index (Phi) is 5.75. The molecule has 0 bridgehead atoms. The van der Waals surface area contributed by atoms with Crippen LogP contribution in [-0.2, 0) is 15.8 Å². The van der Waals surface area contributed by atoms with Gasteiger partial charge in [-0.05, 0) is 36.4 Å². The molecule has 1 atom stereocenters. The predicted octanol–water partition coefficient (Wildman–Crippen LogP) is 4.42. The molecule has 0 aromatic heterocycles. The fourth-order valence-corrected chi connectivity index (χ4v) is 3.35. The Morgan fingerprint density at radius 3 is 2.55 bits per heavy atom. The molecule has 1 fully saturated rings. The van der Waals surface area contributed by atoms with Gasteiger partial charge < -0.3 is 15.1 Å². The number of alkyl halides is 3. The highest BCUT2D eigenvalue weighted by molar-refractivity contribution is 6.31. The number of hydrogen-bond donors (Lipinski definition) is 1. The van der Waals surface area contributed by atoms with Gasteiger partial charge in [0.05, 0.1) is 17.2 Å². The van der Waals surface area contributed by atoms with Crippen molar-refractivity contribution in [2.75, 3.05) is 35.8 Å². The van der Waals surface area contributed by atoms with Crippen LogP contribution >= 0.6 is 11.6 Å². The van der Waals surface area contributed by atoms with Gasteiger partial charge in [0.1, 0.15) is 0 Å². The Bertz CT molecular complexity index is 947. The minimum absolute atomic E-state index is 0.0716. The van der Waals surface area contributed by atoms with Crippen LogP contribution in [0.15, 0.2) is 42.5 Å². The topological polar surface area (TPSA) is 52.7 Å². The third kappa shape index (κ3) is 4.64. The van der Waals surface area contributed by atoms with Crippen molar-refractivity contribution in [3.05, 3.63) is 53.1 Å². The molecular weight excluding hydrogens is 407 g/mol. The molecule has 29 heavy (non-hydrogen) atoms. The first kappa shape index (κ1) is 21.0. The van der Waals surface area contributed by atoms with Gasteiger partial charge in [-0.1, -0.05) is 17.7 Å². The summed E-state index contributed by atoms with van der Waals surface area (Å²) >= 11 is 5.95. The van der Waals surface area contributed by atoms with Gasteiger partial charge in [0.25, 0.3) is 0 Å². The molecule has 1 aliphatic heterocycles. The lowest BCUT2D eigenvalue weighted by molar-refractivity contribution is -0.137. The summed E-state index contributed by atoms with van der Waals surface area (Å²) in [4.78, 5) is 27.9. The Hall–Kier alpha value is -2.74. The molecule has 1 aliphatic rings. The van der Waals surface area contributed by atoms with E-state index >= 15 is 0 Å². The van der Waals surface area contributed by atoms with E-state index in [-0.39, 0.29) is 24.6 Å². The number of anilines is 3. The van der Waals surface area contributed by atoms with Gasteiger partial charge in [-0.15, -0.1) is 0 Å². The zero-order valence-corrected chi connectivity index (χ0v) is 16.5. The maximum Gasteiger partial charge on any atom is 0.418 e. The molecule has 9 heteroatoms. The van der Waals surface area contributed by atoms with Crippen molar-refractivity contribution in [3.63, 3.8) is 0 Å². The summed E-state index contributed by atoms with van der Waals surface area (Å²) in [6.45, 7) is 0.0716. The molecule has 2 amide bonds. The zero-order chi connectivity index (χ0) is 21.3.